The fourth-order valence-electron chi connectivity index (χ4n) is 2.83. The molecule has 0 aromatic heterocycles. The summed E-state index contributed by atoms with van der Waals surface area (Å²) >= 11 is 0. The van der Waals surface area contributed by atoms with E-state index in [9.17, 15) is 4.79 Å². The molecule has 1 saturated heterocycles. The summed E-state index contributed by atoms with van der Waals surface area (Å²) in [5, 5.41) is 10.8. The number of carbonyl (C=O) groups is 1. The van der Waals surface area contributed by atoms with Crippen LogP contribution in [0.3, 0.4) is 0 Å². The lowest BCUT2D eigenvalue weighted by Gasteiger charge is -2.35. The zero-order valence-electron chi connectivity index (χ0n) is 12.9. The maximum atomic E-state index is 10.2. The molecular formula is C15H30N2O3. The molecule has 5 heteroatoms. The molecule has 2 atom stereocenters. The van der Waals surface area contributed by atoms with Gasteiger partial charge in [0.15, 0.2) is 0 Å². The van der Waals surface area contributed by atoms with Crippen LogP contribution in [-0.2, 0) is 4.74 Å². The molecule has 118 valence electrons. The average molecular weight is 286 g/mol. The van der Waals surface area contributed by atoms with Crippen LogP contribution in [0.4, 0.5) is 4.79 Å². The third kappa shape index (κ3) is 8.38. The molecular weight excluding hydrogens is 256 g/mol. The van der Waals surface area contributed by atoms with Gasteiger partial charge in [0.2, 0.25) is 0 Å². The first-order valence-corrected chi connectivity index (χ1v) is 7.92. The van der Waals surface area contributed by atoms with E-state index in [1.54, 1.807) is 0 Å². The van der Waals surface area contributed by atoms with E-state index >= 15 is 0 Å². The SMILES string of the molecule is CC1CN(CCCCCCCCNC(=O)O)CC(C)O1. The Bertz CT molecular complexity index is 264. The number of morpholine rings is 1. The van der Waals surface area contributed by atoms with Gasteiger partial charge in [-0.05, 0) is 33.2 Å². The van der Waals surface area contributed by atoms with Gasteiger partial charge in [-0.3, -0.25) is 4.90 Å². The van der Waals surface area contributed by atoms with Crippen LogP contribution in [0.1, 0.15) is 52.4 Å². The minimum Gasteiger partial charge on any atom is -0.465 e. The van der Waals surface area contributed by atoms with Crippen molar-refractivity contribution in [3.8, 4) is 0 Å². The van der Waals surface area contributed by atoms with Gasteiger partial charge in [0.05, 0.1) is 12.2 Å². The predicted molar refractivity (Wildman–Crippen MR) is 80.2 cm³/mol. The standard InChI is InChI=1S/C15H30N2O3/c1-13-11-17(12-14(2)20-13)10-8-6-4-3-5-7-9-16-15(18)19/h13-14,16H,3-12H2,1-2H3,(H,18,19). The van der Waals surface area contributed by atoms with Crippen LogP contribution >= 0.6 is 0 Å². The molecule has 1 aliphatic rings. The lowest BCUT2D eigenvalue weighted by atomic mass is 10.1. The molecule has 1 heterocycles. The quantitative estimate of drug-likeness (QED) is 0.640. The molecule has 0 aliphatic carbocycles. The second-order valence-corrected chi connectivity index (χ2v) is 5.87. The van der Waals surface area contributed by atoms with Gasteiger partial charge >= 0.3 is 6.09 Å². The fourth-order valence-corrected chi connectivity index (χ4v) is 2.83. The van der Waals surface area contributed by atoms with Crippen LogP contribution in [0, 0.1) is 0 Å². The molecule has 5 nitrogen and oxygen atoms in total. The van der Waals surface area contributed by atoms with E-state index in [-0.39, 0.29) is 0 Å². The average Bonchev–Trinajstić information content (AvgIpc) is 2.35. The van der Waals surface area contributed by atoms with E-state index in [1.165, 1.54) is 32.2 Å². The summed E-state index contributed by atoms with van der Waals surface area (Å²) < 4.78 is 5.73. The Morgan fingerprint density at radius 2 is 1.65 bits per heavy atom. The molecule has 0 bridgehead atoms. The lowest BCUT2D eigenvalue weighted by Crippen LogP contribution is -2.45. The van der Waals surface area contributed by atoms with Crippen molar-refractivity contribution in [3.05, 3.63) is 0 Å². The van der Waals surface area contributed by atoms with Gasteiger partial charge in [-0.1, -0.05) is 25.7 Å². The Hall–Kier alpha value is -0.810. The van der Waals surface area contributed by atoms with Crippen molar-refractivity contribution in [2.45, 2.75) is 64.6 Å². The summed E-state index contributed by atoms with van der Waals surface area (Å²) in [6, 6.07) is 0. The molecule has 0 aromatic carbocycles. The predicted octanol–water partition coefficient (Wildman–Crippen LogP) is 2.70. The zero-order valence-corrected chi connectivity index (χ0v) is 12.9. The van der Waals surface area contributed by atoms with Crippen molar-refractivity contribution >= 4 is 6.09 Å². The Balaban J connectivity index is 1.88. The number of ether oxygens (including phenoxy) is 1. The van der Waals surface area contributed by atoms with Crippen LogP contribution in [0.15, 0.2) is 0 Å². The topological polar surface area (TPSA) is 61.8 Å². The minimum atomic E-state index is -0.918. The highest BCUT2D eigenvalue weighted by Gasteiger charge is 2.21. The Kier molecular flexibility index (Phi) is 8.62. The highest BCUT2D eigenvalue weighted by molar-refractivity contribution is 5.64. The molecule has 2 N–H and O–H groups in total. The number of hydrogen-bond donors (Lipinski definition) is 2. The number of hydrogen-bond acceptors (Lipinski definition) is 3. The molecule has 2 unspecified atom stereocenters. The van der Waals surface area contributed by atoms with Crippen molar-refractivity contribution in [2.75, 3.05) is 26.2 Å². The van der Waals surface area contributed by atoms with Crippen LogP contribution < -0.4 is 5.32 Å². The van der Waals surface area contributed by atoms with Crippen molar-refractivity contribution in [1.29, 1.82) is 0 Å². The molecule has 0 spiro atoms. The number of rotatable bonds is 9. The number of unbranched alkanes of at least 4 members (excludes halogenated alkanes) is 5. The number of nitrogens with zero attached hydrogens (tertiary/aromatic N) is 1. The van der Waals surface area contributed by atoms with Crippen LogP contribution in [0.25, 0.3) is 0 Å². The minimum absolute atomic E-state index is 0.362. The zero-order chi connectivity index (χ0) is 14.8. The van der Waals surface area contributed by atoms with E-state index in [2.05, 4.69) is 24.1 Å². The number of carboxylic acid groups (broad SMARTS) is 1. The Labute approximate surface area is 122 Å². The van der Waals surface area contributed by atoms with Crippen molar-refractivity contribution in [2.24, 2.45) is 0 Å². The molecule has 1 amide bonds. The van der Waals surface area contributed by atoms with Crippen molar-refractivity contribution in [3.63, 3.8) is 0 Å². The van der Waals surface area contributed by atoms with Crippen LogP contribution in [-0.4, -0.2) is 54.5 Å². The molecule has 0 saturated carbocycles. The highest BCUT2D eigenvalue weighted by Crippen LogP contribution is 2.12. The normalized spacial score (nSPS) is 23.7. The van der Waals surface area contributed by atoms with E-state index < -0.39 is 6.09 Å². The van der Waals surface area contributed by atoms with Gasteiger partial charge in [0.25, 0.3) is 0 Å². The third-order valence-corrected chi connectivity index (χ3v) is 3.67. The first-order chi connectivity index (χ1) is 9.58. The Morgan fingerprint density at radius 3 is 2.25 bits per heavy atom. The molecule has 20 heavy (non-hydrogen) atoms. The monoisotopic (exact) mass is 286 g/mol. The van der Waals surface area contributed by atoms with Gasteiger partial charge in [0.1, 0.15) is 0 Å². The maximum Gasteiger partial charge on any atom is 0.404 e. The summed E-state index contributed by atoms with van der Waals surface area (Å²) in [5.41, 5.74) is 0. The number of amides is 1. The Morgan fingerprint density at radius 1 is 1.10 bits per heavy atom. The fraction of sp³-hybridized carbons (Fsp3) is 0.933. The summed E-state index contributed by atoms with van der Waals surface area (Å²) in [4.78, 5) is 12.8. The smallest absolute Gasteiger partial charge is 0.404 e. The van der Waals surface area contributed by atoms with E-state index in [0.29, 0.717) is 18.8 Å². The van der Waals surface area contributed by atoms with Gasteiger partial charge in [-0.25, -0.2) is 4.79 Å². The summed E-state index contributed by atoms with van der Waals surface area (Å²) in [6.45, 7) is 8.18. The number of nitrogens with one attached hydrogen (secondary N) is 1. The van der Waals surface area contributed by atoms with Crippen LogP contribution in [0.2, 0.25) is 0 Å². The van der Waals surface area contributed by atoms with Gasteiger partial charge in [-0.15, -0.1) is 0 Å². The van der Waals surface area contributed by atoms with Crippen molar-refractivity contribution in [1.82, 2.24) is 10.2 Å². The highest BCUT2D eigenvalue weighted by atomic mass is 16.5. The molecule has 1 aliphatic heterocycles. The summed E-state index contributed by atoms with van der Waals surface area (Å²) in [7, 11) is 0. The molecule has 0 aromatic rings. The van der Waals surface area contributed by atoms with E-state index in [1.807, 2.05) is 0 Å². The van der Waals surface area contributed by atoms with Crippen LogP contribution in [0.5, 0.6) is 0 Å². The third-order valence-electron chi connectivity index (χ3n) is 3.67. The second-order valence-electron chi connectivity index (χ2n) is 5.87. The first-order valence-electron chi connectivity index (χ1n) is 7.92. The van der Waals surface area contributed by atoms with Crippen molar-refractivity contribution < 1.29 is 14.6 Å². The largest absolute Gasteiger partial charge is 0.465 e. The summed E-state index contributed by atoms with van der Waals surface area (Å²) in [5.74, 6) is 0. The van der Waals surface area contributed by atoms with Gasteiger partial charge < -0.3 is 15.2 Å². The first kappa shape index (κ1) is 17.2. The summed E-state index contributed by atoms with van der Waals surface area (Å²) in [6.07, 6.45) is 6.86. The molecule has 0 radical (unpaired) electrons. The molecule has 1 fully saturated rings. The second kappa shape index (κ2) is 10.00. The van der Waals surface area contributed by atoms with Gasteiger partial charge in [-0.2, -0.15) is 0 Å². The lowest BCUT2D eigenvalue weighted by molar-refractivity contribution is -0.0681. The van der Waals surface area contributed by atoms with Gasteiger partial charge in [0, 0.05) is 19.6 Å². The maximum absolute atomic E-state index is 10.2. The molecule has 1 rings (SSSR count). The van der Waals surface area contributed by atoms with E-state index in [0.717, 1.165) is 25.9 Å². The van der Waals surface area contributed by atoms with E-state index in [4.69, 9.17) is 9.84 Å².